The Hall–Kier alpha value is -1.11. The van der Waals surface area contributed by atoms with Gasteiger partial charge < -0.3 is 0 Å². The third-order valence-electron chi connectivity index (χ3n) is 2.06. The van der Waals surface area contributed by atoms with Gasteiger partial charge in [-0.3, -0.25) is 4.79 Å². The summed E-state index contributed by atoms with van der Waals surface area (Å²) in [4.78, 5) is 10.3. The van der Waals surface area contributed by atoms with Crippen molar-refractivity contribution in [1.82, 2.24) is 0 Å². The smallest absolute Gasteiger partial charge is 0.206 e. The molecule has 0 aromatic heterocycles. The monoisotopic (exact) mass is 161 g/mol. The molecule has 1 heteroatoms. The Morgan fingerprint density at radius 2 is 1.92 bits per heavy atom. The molecule has 0 bridgehead atoms. The molecule has 0 spiro atoms. The Morgan fingerprint density at radius 1 is 1.33 bits per heavy atom. The van der Waals surface area contributed by atoms with Gasteiger partial charge >= 0.3 is 0 Å². The summed E-state index contributed by atoms with van der Waals surface area (Å²) in [6, 6.07) is 8.11. The van der Waals surface area contributed by atoms with Gasteiger partial charge in [-0.25, -0.2) is 0 Å². The number of benzene rings is 1. The topological polar surface area (TPSA) is 17.1 Å². The first kappa shape index (κ1) is 8.98. The fourth-order valence-electron chi connectivity index (χ4n) is 1.11. The molecule has 0 aliphatic carbocycles. The molecule has 1 atom stereocenters. The lowest BCUT2D eigenvalue weighted by Gasteiger charge is -2.03. The maximum atomic E-state index is 10.3. The molecule has 0 aliphatic rings. The molecule has 1 aromatic carbocycles. The number of aryl methyl sites for hydroxylation is 1. The van der Waals surface area contributed by atoms with E-state index in [-0.39, 0.29) is 5.92 Å². The van der Waals surface area contributed by atoms with E-state index in [4.69, 9.17) is 0 Å². The van der Waals surface area contributed by atoms with Crippen molar-refractivity contribution in [3.8, 4) is 0 Å². The van der Waals surface area contributed by atoms with E-state index < -0.39 is 0 Å². The Bertz CT molecular complexity index is 248. The van der Waals surface area contributed by atoms with E-state index >= 15 is 0 Å². The Kier molecular flexibility index (Phi) is 3.03. The second kappa shape index (κ2) is 4.05. The summed E-state index contributed by atoms with van der Waals surface area (Å²) in [7, 11) is 0. The summed E-state index contributed by atoms with van der Waals surface area (Å²) in [5, 5.41) is 0. The molecule has 63 valence electrons. The highest BCUT2D eigenvalue weighted by molar-refractivity contribution is 5.62. The van der Waals surface area contributed by atoms with Crippen molar-refractivity contribution in [2.75, 3.05) is 0 Å². The van der Waals surface area contributed by atoms with Crippen molar-refractivity contribution >= 4 is 6.29 Å². The lowest BCUT2D eigenvalue weighted by Crippen LogP contribution is -1.93. The molecule has 0 saturated carbocycles. The van der Waals surface area contributed by atoms with Crippen LogP contribution in [0.4, 0.5) is 0 Å². The summed E-state index contributed by atoms with van der Waals surface area (Å²) in [5.41, 5.74) is 2.35. The van der Waals surface area contributed by atoms with Crippen LogP contribution >= 0.6 is 0 Å². The number of carbonyl (C=O) groups excluding carboxylic acids is 1. The second-order valence-electron chi connectivity index (χ2n) is 2.93. The zero-order chi connectivity index (χ0) is 8.97. The van der Waals surface area contributed by atoms with Crippen LogP contribution in [0, 0.1) is 0 Å². The van der Waals surface area contributed by atoms with Gasteiger partial charge in [0.1, 0.15) is 0 Å². The highest BCUT2D eigenvalue weighted by Crippen LogP contribution is 2.13. The van der Waals surface area contributed by atoms with Crippen LogP contribution in [0.1, 0.15) is 30.9 Å². The summed E-state index contributed by atoms with van der Waals surface area (Å²) >= 11 is 0. The van der Waals surface area contributed by atoms with Crippen molar-refractivity contribution in [2.24, 2.45) is 0 Å². The quantitative estimate of drug-likeness (QED) is 0.665. The fourth-order valence-corrected chi connectivity index (χ4v) is 1.11. The Balaban J connectivity index is 2.84. The van der Waals surface area contributed by atoms with Gasteiger partial charge in [-0.05, 0) is 17.5 Å². The molecule has 0 amide bonds. The van der Waals surface area contributed by atoms with Crippen LogP contribution in [0.5, 0.6) is 0 Å². The molecular formula is C11H13O. The molecule has 0 fully saturated rings. The molecular weight excluding hydrogens is 148 g/mol. The number of rotatable bonds is 3. The van der Waals surface area contributed by atoms with Gasteiger partial charge in [-0.15, -0.1) is 0 Å². The maximum absolute atomic E-state index is 10.3. The Morgan fingerprint density at radius 3 is 2.33 bits per heavy atom. The van der Waals surface area contributed by atoms with E-state index in [0.29, 0.717) is 0 Å². The predicted octanol–water partition coefficient (Wildman–Crippen LogP) is 2.46. The molecule has 12 heavy (non-hydrogen) atoms. The van der Waals surface area contributed by atoms with E-state index in [1.54, 1.807) is 0 Å². The van der Waals surface area contributed by atoms with Crippen molar-refractivity contribution in [2.45, 2.75) is 26.2 Å². The van der Waals surface area contributed by atoms with Crippen LogP contribution in [0.25, 0.3) is 0 Å². The third kappa shape index (κ3) is 1.94. The van der Waals surface area contributed by atoms with Crippen LogP contribution in [-0.4, -0.2) is 6.29 Å². The lowest BCUT2D eigenvalue weighted by atomic mass is 10.0. The van der Waals surface area contributed by atoms with E-state index in [2.05, 4.69) is 19.1 Å². The number of hydrogen-bond donors (Lipinski definition) is 0. The van der Waals surface area contributed by atoms with E-state index in [9.17, 15) is 4.79 Å². The standard InChI is InChI=1S/C11H13O/c1-3-10-4-6-11(7-5-10)9(2)8-12/h4-7,9H,3H2,1-2H3. The van der Waals surface area contributed by atoms with E-state index in [1.807, 2.05) is 25.3 Å². The second-order valence-corrected chi connectivity index (χ2v) is 2.93. The third-order valence-corrected chi connectivity index (χ3v) is 2.06. The van der Waals surface area contributed by atoms with Gasteiger partial charge in [0.15, 0.2) is 0 Å². The lowest BCUT2D eigenvalue weighted by molar-refractivity contribution is 0.546. The highest BCUT2D eigenvalue weighted by atomic mass is 16.1. The van der Waals surface area contributed by atoms with Crippen LogP contribution in [-0.2, 0) is 11.2 Å². The molecule has 0 aliphatic heterocycles. The Labute approximate surface area is 73.4 Å². The minimum Gasteiger partial charge on any atom is -0.290 e. The summed E-state index contributed by atoms with van der Waals surface area (Å²) in [6.07, 6.45) is 3.01. The first-order valence-corrected chi connectivity index (χ1v) is 4.24. The van der Waals surface area contributed by atoms with Gasteiger partial charge in [0.2, 0.25) is 6.29 Å². The number of hydrogen-bond acceptors (Lipinski definition) is 1. The molecule has 1 radical (unpaired) electrons. The van der Waals surface area contributed by atoms with Crippen LogP contribution in [0.15, 0.2) is 24.3 Å². The normalized spacial score (nSPS) is 12.5. The van der Waals surface area contributed by atoms with Crippen molar-refractivity contribution in [1.29, 1.82) is 0 Å². The van der Waals surface area contributed by atoms with Crippen molar-refractivity contribution < 1.29 is 4.79 Å². The zero-order valence-electron chi connectivity index (χ0n) is 7.50. The van der Waals surface area contributed by atoms with Gasteiger partial charge in [0.25, 0.3) is 0 Å². The predicted molar refractivity (Wildman–Crippen MR) is 49.9 cm³/mol. The van der Waals surface area contributed by atoms with Crippen LogP contribution in [0.2, 0.25) is 0 Å². The summed E-state index contributed by atoms with van der Waals surface area (Å²) in [6.45, 7) is 3.97. The largest absolute Gasteiger partial charge is 0.290 e. The van der Waals surface area contributed by atoms with Crippen LogP contribution < -0.4 is 0 Å². The summed E-state index contributed by atoms with van der Waals surface area (Å²) in [5.74, 6) is -0.101. The van der Waals surface area contributed by atoms with Gasteiger partial charge in [0.05, 0.1) is 0 Å². The molecule has 1 rings (SSSR count). The molecule has 1 unspecified atom stereocenters. The van der Waals surface area contributed by atoms with Crippen LogP contribution in [0.3, 0.4) is 0 Å². The SMILES string of the molecule is CCc1ccc(C(C)[C]=O)cc1. The van der Waals surface area contributed by atoms with Gasteiger partial charge in [-0.2, -0.15) is 0 Å². The first-order chi connectivity index (χ1) is 5.77. The minimum absolute atomic E-state index is 0.101. The van der Waals surface area contributed by atoms with Crippen molar-refractivity contribution in [3.05, 3.63) is 35.4 Å². The average Bonchev–Trinajstić information content (AvgIpc) is 2.17. The zero-order valence-corrected chi connectivity index (χ0v) is 7.50. The van der Waals surface area contributed by atoms with Crippen molar-refractivity contribution in [3.63, 3.8) is 0 Å². The maximum Gasteiger partial charge on any atom is 0.206 e. The average molecular weight is 161 g/mol. The minimum atomic E-state index is -0.101. The van der Waals surface area contributed by atoms with Gasteiger partial charge in [0, 0.05) is 5.92 Å². The fraction of sp³-hybridized carbons (Fsp3) is 0.364. The summed E-state index contributed by atoms with van der Waals surface area (Å²) < 4.78 is 0. The molecule has 0 N–H and O–H groups in total. The van der Waals surface area contributed by atoms with E-state index in [0.717, 1.165) is 12.0 Å². The highest BCUT2D eigenvalue weighted by Gasteiger charge is 2.02. The molecule has 1 nitrogen and oxygen atoms in total. The van der Waals surface area contributed by atoms with Gasteiger partial charge in [-0.1, -0.05) is 38.1 Å². The molecule has 0 saturated heterocycles. The first-order valence-electron chi connectivity index (χ1n) is 4.24. The van der Waals surface area contributed by atoms with E-state index in [1.165, 1.54) is 5.56 Å². The molecule has 0 heterocycles. The molecule has 1 aromatic rings.